The van der Waals surface area contributed by atoms with E-state index < -0.39 is 11.9 Å². The second-order valence-corrected chi connectivity index (χ2v) is 4.46. The lowest BCUT2D eigenvalue weighted by atomic mass is 10.1. The minimum absolute atomic E-state index is 0.211. The molecule has 0 saturated carbocycles. The van der Waals surface area contributed by atoms with Gasteiger partial charge in [0.2, 0.25) is 0 Å². The van der Waals surface area contributed by atoms with Crippen LogP contribution in [0.15, 0.2) is 18.2 Å². The number of nitrogens with zero attached hydrogens (tertiary/aromatic N) is 1. The molecule has 0 radical (unpaired) electrons. The van der Waals surface area contributed by atoms with Gasteiger partial charge in [-0.15, -0.1) is 0 Å². The highest BCUT2D eigenvalue weighted by molar-refractivity contribution is 5.99. The van der Waals surface area contributed by atoms with Crippen LogP contribution in [-0.4, -0.2) is 42.2 Å². The van der Waals surface area contributed by atoms with E-state index in [0.717, 1.165) is 6.42 Å². The molecule has 1 heterocycles. The van der Waals surface area contributed by atoms with Crippen LogP contribution in [0, 0.1) is 5.82 Å². The fourth-order valence-electron chi connectivity index (χ4n) is 2.27. The van der Waals surface area contributed by atoms with E-state index in [9.17, 15) is 14.3 Å². The molecule has 2 N–H and O–H groups in total. The third kappa shape index (κ3) is 2.46. The molecule has 0 aromatic heterocycles. The molecule has 18 heavy (non-hydrogen) atoms. The molecule has 2 rings (SSSR count). The zero-order chi connectivity index (χ0) is 13.1. The van der Waals surface area contributed by atoms with Gasteiger partial charge in [-0.1, -0.05) is 6.07 Å². The third-order valence-electron chi connectivity index (χ3n) is 3.18. The van der Waals surface area contributed by atoms with E-state index in [2.05, 4.69) is 5.32 Å². The van der Waals surface area contributed by atoms with Crippen LogP contribution < -0.4 is 5.32 Å². The zero-order valence-electron chi connectivity index (χ0n) is 10.3. The highest BCUT2D eigenvalue weighted by Gasteiger charge is 2.25. The molecular weight excluding hydrogens is 235 g/mol. The van der Waals surface area contributed by atoms with Gasteiger partial charge in [0.1, 0.15) is 5.82 Å². The number of anilines is 1. The Morgan fingerprint density at radius 2 is 2.33 bits per heavy atom. The predicted octanol–water partition coefficient (Wildman–Crippen LogP) is 1.46. The minimum Gasteiger partial charge on any atom is -0.391 e. The molecule has 1 fully saturated rings. The number of amides is 1. The van der Waals surface area contributed by atoms with Crippen LogP contribution in [0.25, 0.3) is 0 Å². The quantitative estimate of drug-likeness (QED) is 0.838. The minimum atomic E-state index is -0.478. The van der Waals surface area contributed by atoms with Gasteiger partial charge in [0, 0.05) is 20.1 Å². The van der Waals surface area contributed by atoms with E-state index in [1.165, 1.54) is 12.1 Å². The molecule has 1 aromatic carbocycles. The molecular formula is C13H17FN2O2. The lowest BCUT2D eigenvalue weighted by molar-refractivity contribution is 0.0474. The van der Waals surface area contributed by atoms with Crippen molar-refractivity contribution in [3.05, 3.63) is 29.6 Å². The third-order valence-corrected chi connectivity index (χ3v) is 3.18. The number of carbonyl (C=O) groups is 1. The van der Waals surface area contributed by atoms with E-state index in [4.69, 9.17) is 0 Å². The van der Waals surface area contributed by atoms with Gasteiger partial charge in [-0.05, 0) is 25.0 Å². The molecule has 1 atom stereocenters. The van der Waals surface area contributed by atoms with Gasteiger partial charge in [-0.2, -0.15) is 0 Å². The number of para-hydroxylation sites is 1. The number of aliphatic hydroxyl groups excluding tert-OH is 1. The summed E-state index contributed by atoms with van der Waals surface area (Å²) in [6, 6.07) is 4.43. The summed E-state index contributed by atoms with van der Waals surface area (Å²) in [5, 5.41) is 12.3. The highest BCUT2D eigenvalue weighted by Crippen LogP contribution is 2.22. The van der Waals surface area contributed by atoms with Crippen LogP contribution in [-0.2, 0) is 0 Å². The second kappa shape index (κ2) is 5.35. The normalized spacial score (nSPS) is 19.7. The van der Waals surface area contributed by atoms with Crippen LogP contribution in [0.2, 0.25) is 0 Å². The van der Waals surface area contributed by atoms with Crippen LogP contribution in [0.5, 0.6) is 0 Å². The zero-order valence-corrected chi connectivity index (χ0v) is 10.3. The lowest BCUT2D eigenvalue weighted by Crippen LogP contribution is -2.42. The van der Waals surface area contributed by atoms with Crippen molar-refractivity contribution in [2.24, 2.45) is 0 Å². The number of aliphatic hydroxyl groups is 1. The van der Waals surface area contributed by atoms with E-state index >= 15 is 0 Å². The van der Waals surface area contributed by atoms with Crippen molar-refractivity contribution in [3.8, 4) is 0 Å². The first kappa shape index (κ1) is 12.8. The van der Waals surface area contributed by atoms with Crippen LogP contribution in [0.4, 0.5) is 10.1 Å². The standard InChI is InChI=1S/C13H17FN2O2/c1-15-12-10(5-2-6-11(12)14)13(18)16-7-3-4-9(17)8-16/h2,5-6,9,15,17H,3-4,7-8H2,1H3. The first-order valence-electron chi connectivity index (χ1n) is 6.07. The van der Waals surface area contributed by atoms with Gasteiger partial charge >= 0.3 is 0 Å². The molecule has 4 nitrogen and oxygen atoms in total. The molecule has 1 aromatic rings. The van der Waals surface area contributed by atoms with Crippen molar-refractivity contribution in [2.75, 3.05) is 25.5 Å². The molecule has 1 amide bonds. The van der Waals surface area contributed by atoms with Gasteiger partial charge in [-0.25, -0.2) is 4.39 Å². The predicted molar refractivity (Wildman–Crippen MR) is 67.1 cm³/mol. The van der Waals surface area contributed by atoms with E-state index in [1.807, 2.05) is 0 Å². The fourth-order valence-corrected chi connectivity index (χ4v) is 2.27. The van der Waals surface area contributed by atoms with Crippen LogP contribution in [0.1, 0.15) is 23.2 Å². The van der Waals surface area contributed by atoms with Gasteiger partial charge in [0.15, 0.2) is 0 Å². The van der Waals surface area contributed by atoms with Crippen molar-refractivity contribution >= 4 is 11.6 Å². The number of hydrogen-bond donors (Lipinski definition) is 2. The molecule has 5 heteroatoms. The Bertz CT molecular complexity index is 451. The number of carbonyl (C=O) groups excluding carboxylic acids is 1. The van der Waals surface area contributed by atoms with Gasteiger partial charge in [-0.3, -0.25) is 4.79 Å². The fraction of sp³-hybridized carbons (Fsp3) is 0.462. The summed E-state index contributed by atoms with van der Waals surface area (Å²) in [5.74, 6) is -0.682. The number of nitrogens with one attached hydrogen (secondary N) is 1. The summed E-state index contributed by atoms with van der Waals surface area (Å²) in [6.45, 7) is 0.925. The number of piperidine rings is 1. The maximum absolute atomic E-state index is 13.6. The first-order chi connectivity index (χ1) is 8.63. The molecule has 1 aliphatic rings. The molecule has 0 spiro atoms. The van der Waals surface area contributed by atoms with E-state index in [0.29, 0.717) is 25.1 Å². The summed E-state index contributed by atoms with van der Waals surface area (Å²) in [5.41, 5.74) is 0.522. The largest absolute Gasteiger partial charge is 0.391 e. The van der Waals surface area contributed by atoms with Crippen molar-refractivity contribution in [1.29, 1.82) is 0 Å². The van der Waals surface area contributed by atoms with Gasteiger partial charge in [0.25, 0.3) is 5.91 Å². The number of benzene rings is 1. The van der Waals surface area contributed by atoms with Crippen molar-refractivity contribution in [1.82, 2.24) is 4.90 Å². The average molecular weight is 252 g/mol. The van der Waals surface area contributed by atoms with Crippen LogP contribution in [0.3, 0.4) is 0 Å². The van der Waals surface area contributed by atoms with Gasteiger partial charge in [0.05, 0.1) is 17.4 Å². The van der Waals surface area contributed by atoms with E-state index in [-0.39, 0.29) is 11.6 Å². The van der Waals surface area contributed by atoms with Crippen molar-refractivity contribution < 1.29 is 14.3 Å². The molecule has 0 bridgehead atoms. The Hall–Kier alpha value is -1.62. The summed E-state index contributed by atoms with van der Waals surface area (Å²) in [4.78, 5) is 13.9. The number of halogens is 1. The lowest BCUT2D eigenvalue weighted by Gasteiger charge is -2.30. The smallest absolute Gasteiger partial charge is 0.256 e. The van der Waals surface area contributed by atoms with Crippen molar-refractivity contribution in [2.45, 2.75) is 18.9 Å². The Balaban J connectivity index is 2.25. The Morgan fingerprint density at radius 3 is 3.00 bits per heavy atom. The summed E-state index contributed by atoms with van der Waals surface area (Å²) in [6.07, 6.45) is 1.01. The number of hydrogen-bond acceptors (Lipinski definition) is 3. The molecule has 1 unspecified atom stereocenters. The van der Waals surface area contributed by atoms with Gasteiger partial charge < -0.3 is 15.3 Å². The Morgan fingerprint density at radius 1 is 1.56 bits per heavy atom. The SMILES string of the molecule is CNc1c(F)cccc1C(=O)N1CCCC(O)C1. The first-order valence-corrected chi connectivity index (χ1v) is 6.07. The number of rotatable bonds is 2. The average Bonchev–Trinajstić information content (AvgIpc) is 2.37. The molecule has 98 valence electrons. The molecule has 0 aliphatic carbocycles. The monoisotopic (exact) mass is 252 g/mol. The second-order valence-electron chi connectivity index (χ2n) is 4.46. The van der Waals surface area contributed by atoms with E-state index in [1.54, 1.807) is 18.0 Å². The maximum atomic E-state index is 13.6. The summed E-state index contributed by atoms with van der Waals surface area (Å²) >= 11 is 0. The number of β-amino-alcohol motifs (C(OH)–C–C–N with tert-alkyl or cyclic N) is 1. The molecule has 1 saturated heterocycles. The number of likely N-dealkylation sites (tertiary alicyclic amines) is 1. The Labute approximate surface area is 105 Å². The maximum Gasteiger partial charge on any atom is 0.256 e. The summed E-state index contributed by atoms with van der Waals surface area (Å²) in [7, 11) is 1.58. The van der Waals surface area contributed by atoms with Crippen molar-refractivity contribution in [3.63, 3.8) is 0 Å². The Kier molecular flexibility index (Phi) is 3.81. The van der Waals surface area contributed by atoms with Crippen LogP contribution >= 0.6 is 0 Å². The summed E-state index contributed by atoms with van der Waals surface area (Å²) < 4.78 is 13.6. The molecule has 1 aliphatic heterocycles. The highest BCUT2D eigenvalue weighted by atomic mass is 19.1. The topological polar surface area (TPSA) is 52.6 Å².